The molecule has 4 nitrogen and oxygen atoms in total. The first kappa shape index (κ1) is 11.8. The monoisotopic (exact) mass is 309 g/mol. The van der Waals surface area contributed by atoms with Crippen molar-refractivity contribution in [3.63, 3.8) is 0 Å². The fourth-order valence-electron chi connectivity index (χ4n) is 1.11. The van der Waals surface area contributed by atoms with E-state index in [0.717, 1.165) is 0 Å². The van der Waals surface area contributed by atoms with Gasteiger partial charge in [-0.2, -0.15) is 10.2 Å². The van der Waals surface area contributed by atoms with Crippen molar-refractivity contribution in [3.05, 3.63) is 45.7 Å². The van der Waals surface area contributed by atoms with Gasteiger partial charge in [0.25, 0.3) is 0 Å². The maximum absolute atomic E-state index is 8.70. The fraction of sp³-hybridized carbons (Fsp3) is 0. The molecule has 84 valence electrons. The SMILES string of the molecule is N#Cc1ccnc(Oc2ccc(Cl)cc2Br)n1. The number of hydrogen-bond acceptors (Lipinski definition) is 4. The molecule has 1 aromatic heterocycles. The predicted molar refractivity (Wildman–Crippen MR) is 66.0 cm³/mol. The largest absolute Gasteiger partial charge is 0.423 e. The van der Waals surface area contributed by atoms with Crippen LogP contribution in [0.2, 0.25) is 5.02 Å². The van der Waals surface area contributed by atoms with E-state index in [1.165, 1.54) is 12.3 Å². The summed E-state index contributed by atoms with van der Waals surface area (Å²) in [4.78, 5) is 7.81. The first-order valence-corrected chi connectivity index (χ1v) is 5.72. The van der Waals surface area contributed by atoms with Crippen LogP contribution < -0.4 is 4.74 Å². The number of nitrogens with zero attached hydrogens (tertiary/aromatic N) is 3. The number of hydrogen-bond donors (Lipinski definition) is 0. The van der Waals surface area contributed by atoms with Gasteiger partial charge in [-0.1, -0.05) is 11.6 Å². The Morgan fingerprint density at radius 3 is 2.88 bits per heavy atom. The van der Waals surface area contributed by atoms with E-state index >= 15 is 0 Å². The zero-order valence-corrected chi connectivity index (χ0v) is 10.7. The van der Waals surface area contributed by atoms with Crippen molar-refractivity contribution in [2.45, 2.75) is 0 Å². The van der Waals surface area contributed by atoms with Gasteiger partial charge in [0, 0.05) is 11.2 Å². The van der Waals surface area contributed by atoms with E-state index in [1.807, 2.05) is 6.07 Å². The van der Waals surface area contributed by atoms with Crippen LogP contribution in [0.15, 0.2) is 34.9 Å². The summed E-state index contributed by atoms with van der Waals surface area (Å²) in [6.07, 6.45) is 1.46. The maximum Gasteiger partial charge on any atom is 0.323 e. The normalized spacial score (nSPS) is 9.71. The Labute approximate surface area is 111 Å². The lowest BCUT2D eigenvalue weighted by atomic mass is 10.3. The third-order valence-corrected chi connectivity index (χ3v) is 2.70. The van der Waals surface area contributed by atoms with E-state index in [2.05, 4.69) is 25.9 Å². The number of nitriles is 1. The highest BCUT2D eigenvalue weighted by atomic mass is 79.9. The van der Waals surface area contributed by atoms with Crippen molar-refractivity contribution < 1.29 is 4.74 Å². The summed E-state index contributed by atoms with van der Waals surface area (Å²) in [5.74, 6) is 0.532. The molecule has 0 saturated carbocycles. The Hall–Kier alpha value is -1.64. The second-order valence-electron chi connectivity index (χ2n) is 3.01. The quantitative estimate of drug-likeness (QED) is 0.851. The summed E-state index contributed by atoms with van der Waals surface area (Å²) in [7, 11) is 0. The molecule has 0 aliphatic heterocycles. The minimum absolute atomic E-state index is 0.118. The van der Waals surface area contributed by atoms with Crippen molar-refractivity contribution in [1.82, 2.24) is 9.97 Å². The molecule has 0 amide bonds. The molecule has 1 aromatic carbocycles. The van der Waals surface area contributed by atoms with Crippen LogP contribution in [0.4, 0.5) is 0 Å². The highest BCUT2D eigenvalue weighted by Gasteiger charge is 2.06. The van der Waals surface area contributed by atoms with Gasteiger partial charge in [0.1, 0.15) is 17.5 Å². The number of ether oxygens (including phenoxy) is 1. The van der Waals surface area contributed by atoms with Crippen LogP contribution in [0.25, 0.3) is 0 Å². The van der Waals surface area contributed by atoms with Gasteiger partial charge in [-0.05, 0) is 40.2 Å². The molecule has 0 bridgehead atoms. The summed E-state index contributed by atoms with van der Waals surface area (Å²) in [5, 5.41) is 9.29. The first-order valence-electron chi connectivity index (χ1n) is 4.55. The molecule has 0 spiro atoms. The molecule has 0 N–H and O–H groups in total. The molecule has 0 unspecified atom stereocenters. The van der Waals surface area contributed by atoms with Crippen molar-refractivity contribution in [1.29, 1.82) is 5.26 Å². The molecular weight excluding hydrogens is 305 g/mol. The zero-order chi connectivity index (χ0) is 12.3. The number of halogens is 2. The number of rotatable bonds is 2. The Balaban J connectivity index is 2.28. The molecule has 0 radical (unpaired) electrons. The van der Waals surface area contributed by atoms with E-state index in [0.29, 0.717) is 15.2 Å². The number of benzene rings is 1. The van der Waals surface area contributed by atoms with Crippen LogP contribution in [0.5, 0.6) is 11.8 Å². The third-order valence-electron chi connectivity index (χ3n) is 1.84. The topological polar surface area (TPSA) is 58.8 Å². The van der Waals surface area contributed by atoms with E-state index in [1.54, 1.807) is 18.2 Å². The molecule has 6 heteroatoms. The van der Waals surface area contributed by atoms with Crippen LogP contribution >= 0.6 is 27.5 Å². The molecule has 2 rings (SSSR count). The smallest absolute Gasteiger partial charge is 0.323 e. The van der Waals surface area contributed by atoms with Crippen LogP contribution in [0, 0.1) is 11.3 Å². The van der Waals surface area contributed by atoms with E-state index in [4.69, 9.17) is 21.6 Å². The molecule has 0 saturated heterocycles. The highest BCUT2D eigenvalue weighted by Crippen LogP contribution is 2.30. The van der Waals surface area contributed by atoms with Gasteiger partial charge < -0.3 is 4.74 Å². The van der Waals surface area contributed by atoms with Gasteiger partial charge in [0.05, 0.1) is 4.47 Å². The van der Waals surface area contributed by atoms with Gasteiger partial charge in [0.15, 0.2) is 0 Å². The van der Waals surface area contributed by atoms with Gasteiger partial charge in [-0.15, -0.1) is 0 Å². The standard InChI is InChI=1S/C11H5BrClN3O/c12-9-5-7(13)1-2-10(9)17-11-15-4-3-8(6-14)16-11/h1-5H. The van der Waals surface area contributed by atoms with Crippen LogP contribution in [0.1, 0.15) is 5.69 Å². The highest BCUT2D eigenvalue weighted by molar-refractivity contribution is 9.10. The maximum atomic E-state index is 8.70. The second kappa shape index (κ2) is 5.13. The van der Waals surface area contributed by atoms with E-state index < -0.39 is 0 Å². The van der Waals surface area contributed by atoms with E-state index in [-0.39, 0.29) is 11.7 Å². The molecule has 1 heterocycles. The van der Waals surface area contributed by atoms with Crippen molar-refractivity contribution >= 4 is 27.5 Å². The van der Waals surface area contributed by atoms with Crippen molar-refractivity contribution in [2.75, 3.05) is 0 Å². The summed E-state index contributed by atoms with van der Waals surface area (Å²) in [6, 6.07) is 8.61. The Kier molecular flexibility index (Phi) is 3.57. The minimum Gasteiger partial charge on any atom is -0.423 e. The predicted octanol–water partition coefficient (Wildman–Crippen LogP) is 3.56. The van der Waals surface area contributed by atoms with Crippen LogP contribution in [-0.4, -0.2) is 9.97 Å². The summed E-state index contributed by atoms with van der Waals surface area (Å²) < 4.78 is 6.12. The average Bonchev–Trinajstić information content (AvgIpc) is 2.33. The molecule has 2 aromatic rings. The lowest BCUT2D eigenvalue weighted by molar-refractivity contribution is 0.438. The fourth-order valence-corrected chi connectivity index (χ4v) is 1.87. The van der Waals surface area contributed by atoms with Crippen molar-refractivity contribution in [2.24, 2.45) is 0 Å². The van der Waals surface area contributed by atoms with Gasteiger partial charge in [-0.25, -0.2) is 4.98 Å². The summed E-state index contributed by atoms with van der Waals surface area (Å²) in [5.41, 5.74) is 0.250. The lowest BCUT2D eigenvalue weighted by Gasteiger charge is -2.05. The van der Waals surface area contributed by atoms with Gasteiger partial charge in [0.2, 0.25) is 0 Å². The molecular formula is C11H5BrClN3O. The molecule has 17 heavy (non-hydrogen) atoms. The molecule has 0 atom stereocenters. The summed E-state index contributed by atoms with van der Waals surface area (Å²) >= 11 is 9.12. The average molecular weight is 311 g/mol. The summed E-state index contributed by atoms with van der Waals surface area (Å²) in [6.45, 7) is 0. The lowest BCUT2D eigenvalue weighted by Crippen LogP contribution is -1.93. The molecule has 0 aliphatic rings. The van der Waals surface area contributed by atoms with Gasteiger partial charge in [-0.3, -0.25) is 0 Å². The van der Waals surface area contributed by atoms with Crippen LogP contribution in [0.3, 0.4) is 0 Å². The third kappa shape index (κ3) is 2.93. The Bertz CT molecular complexity index is 598. The number of aromatic nitrogens is 2. The Morgan fingerprint density at radius 2 is 2.18 bits per heavy atom. The van der Waals surface area contributed by atoms with Crippen molar-refractivity contribution in [3.8, 4) is 17.8 Å². The van der Waals surface area contributed by atoms with Crippen LogP contribution in [-0.2, 0) is 0 Å². The minimum atomic E-state index is 0.118. The molecule has 0 fully saturated rings. The van der Waals surface area contributed by atoms with Gasteiger partial charge >= 0.3 is 6.01 Å². The second-order valence-corrected chi connectivity index (χ2v) is 4.30. The Morgan fingerprint density at radius 1 is 1.35 bits per heavy atom. The first-order chi connectivity index (χ1) is 8.19. The molecule has 0 aliphatic carbocycles. The zero-order valence-electron chi connectivity index (χ0n) is 8.39. The van der Waals surface area contributed by atoms with E-state index in [9.17, 15) is 0 Å².